The van der Waals surface area contributed by atoms with Crippen LogP contribution < -0.4 is 0 Å². The highest BCUT2D eigenvalue weighted by molar-refractivity contribution is 5.78. The number of nitrogens with zero attached hydrogens (tertiary/aromatic N) is 4. The van der Waals surface area contributed by atoms with Crippen LogP contribution in [-0.4, -0.2) is 52.7 Å². The van der Waals surface area contributed by atoms with Crippen molar-refractivity contribution >= 4 is 5.91 Å². The zero-order valence-corrected chi connectivity index (χ0v) is 11.7. The van der Waals surface area contributed by atoms with Gasteiger partial charge in [0.25, 0.3) is 0 Å². The standard InChI is InChI=1S/C14H16N4O3/c1-20-9-13(19)18-7-10(8-18)5-12-16-14(17-21-12)11-3-2-4-15-6-11/h2-4,6,10H,5,7-9H2,1H3. The van der Waals surface area contributed by atoms with E-state index in [9.17, 15) is 4.79 Å². The van der Waals surface area contributed by atoms with Crippen molar-refractivity contribution in [3.05, 3.63) is 30.4 Å². The van der Waals surface area contributed by atoms with Gasteiger partial charge in [0.1, 0.15) is 6.61 Å². The lowest BCUT2D eigenvalue weighted by Gasteiger charge is -2.38. The Hall–Kier alpha value is -2.28. The number of amides is 1. The Kier molecular flexibility index (Phi) is 3.92. The molecule has 1 aliphatic heterocycles. The molecule has 0 saturated carbocycles. The summed E-state index contributed by atoms with van der Waals surface area (Å²) in [6.45, 7) is 1.57. The second-order valence-corrected chi connectivity index (χ2v) is 5.06. The van der Waals surface area contributed by atoms with Crippen LogP contribution in [-0.2, 0) is 16.0 Å². The average Bonchev–Trinajstić information content (AvgIpc) is 2.92. The Morgan fingerprint density at radius 3 is 3.10 bits per heavy atom. The Balaban J connectivity index is 1.54. The quantitative estimate of drug-likeness (QED) is 0.808. The molecular formula is C14H16N4O3. The molecule has 7 nitrogen and oxygen atoms in total. The molecule has 110 valence electrons. The summed E-state index contributed by atoms with van der Waals surface area (Å²) in [5, 5.41) is 3.95. The second kappa shape index (κ2) is 6.01. The molecule has 0 spiro atoms. The van der Waals surface area contributed by atoms with Gasteiger partial charge in [0, 0.05) is 50.5 Å². The van der Waals surface area contributed by atoms with Gasteiger partial charge in [-0.25, -0.2) is 0 Å². The number of pyridine rings is 1. The fraction of sp³-hybridized carbons (Fsp3) is 0.429. The van der Waals surface area contributed by atoms with Crippen molar-refractivity contribution in [2.75, 3.05) is 26.8 Å². The van der Waals surface area contributed by atoms with Crippen LogP contribution in [0.1, 0.15) is 5.89 Å². The Morgan fingerprint density at radius 1 is 1.52 bits per heavy atom. The maximum absolute atomic E-state index is 11.6. The molecule has 7 heteroatoms. The number of carbonyl (C=O) groups excluding carboxylic acids is 1. The van der Waals surface area contributed by atoms with Crippen molar-refractivity contribution in [1.82, 2.24) is 20.0 Å². The lowest BCUT2D eigenvalue weighted by molar-refractivity contribution is -0.141. The number of ether oxygens (including phenoxy) is 1. The van der Waals surface area contributed by atoms with E-state index in [4.69, 9.17) is 9.26 Å². The molecule has 3 rings (SSSR count). The summed E-state index contributed by atoms with van der Waals surface area (Å²) in [6, 6.07) is 3.71. The van der Waals surface area contributed by atoms with Crippen molar-refractivity contribution in [2.45, 2.75) is 6.42 Å². The van der Waals surface area contributed by atoms with Crippen LogP contribution in [0.4, 0.5) is 0 Å². The van der Waals surface area contributed by atoms with E-state index in [1.165, 1.54) is 7.11 Å². The highest BCUT2D eigenvalue weighted by atomic mass is 16.5. The molecule has 2 aromatic rings. The molecule has 21 heavy (non-hydrogen) atoms. The number of rotatable bonds is 5. The molecule has 0 aliphatic carbocycles. The van der Waals surface area contributed by atoms with Crippen LogP contribution in [0.25, 0.3) is 11.4 Å². The largest absolute Gasteiger partial charge is 0.375 e. The topological polar surface area (TPSA) is 81.4 Å². The van der Waals surface area contributed by atoms with Gasteiger partial charge in [0.2, 0.25) is 17.6 Å². The normalized spacial score (nSPS) is 15.0. The van der Waals surface area contributed by atoms with Crippen LogP contribution in [0.3, 0.4) is 0 Å². The van der Waals surface area contributed by atoms with Crippen molar-refractivity contribution in [3.63, 3.8) is 0 Å². The van der Waals surface area contributed by atoms with E-state index in [1.807, 2.05) is 12.1 Å². The highest BCUT2D eigenvalue weighted by Crippen LogP contribution is 2.21. The van der Waals surface area contributed by atoms with E-state index >= 15 is 0 Å². The Morgan fingerprint density at radius 2 is 2.38 bits per heavy atom. The smallest absolute Gasteiger partial charge is 0.248 e. The third-order valence-electron chi connectivity index (χ3n) is 3.43. The van der Waals surface area contributed by atoms with E-state index in [-0.39, 0.29) is 12.5 Å². The van der Waals surface area contributed by atoms with Gasteiger partial charge in [-0.05, 0) is 12.1 Å². The van der Waals surface area contributed by atoms with Crippen LogP contribution >= 0.6 is 0 Å². The van der Waals surface area contributed by atoms with Gasteiger partial charge in [-0.15, -0.1) is 0 Å². The summed E-state index contributed by atoms with van der Waals surface area (Å²) in [7, 11) is 1.52. The van der Waals surface area contributed by atoms with E-state index in [0.717, 1.165) is 5.56 Å². The first-order valence-corrected chi connectivity index (χ1v) is 6.76. The number of aromatic nitrogens is 3. The molecule has 0 atom stereocenters. The van der Waals surface area contributed by atoms with Crippen molar-refractivity contribution < 1.29 is 14.1 Å². The maximum atomic E-state index is 11.6. The van der Waals surface area contributed by atoms with Crippen molar-refractivity contribution in [2.24, 2.45) is 5.92 Å². The zero-order valence-electron chi connectivity index (χ0n) is 11.7. The SMILES string of the molecule is COCC(=O)N1CC(Cc2nc(-c3cccnc3)no2)C1. The summed E-state index contributed by atoms with van der Waals surface area (Å²) in [6.07, 6.45) is 4.08. The molecule has 0 unspecified atom stereocenters. The fourth-order valence-electron chi connectivity index (χ4n) is 2.31. The monoisotopic (exact) mass is 288 g/mol. The van der Waals surface area contributed by atoms with Gasteiger partial charge in [-0.3, -0.25) is 9.78 Å². The first-order chi connectivity index (χ1) is 10.3. The molecule has 1 amide bonds. The summed E-state index contributed by atoms with van der Waals surface area (Å²) < 4.78 is 10.1. The molecule has 1 aliphatic rings. The van der Waals surface area contributed by atoms with Crippen LogP contribution in [0.2, 0.25) is 0 Å². The summed E-state index contributed by atoms with van der Waals surface area (Å²) in [5.41, 5.74) is 0.831. The van der Waals surface area contributed by atoms with E-state index < -0.39 is 0 Å². The highest BCUT2D eigenvalue weighted by Gasteiger charge is 2.31. The molecule has 0 N–H and O–H groups in total. The molecule has 3 heterocycles. The van der Waals surface area contributed by atoms with Gasteiger partial charge in [-0.1, -0.05) is 5.16 Å². The lowest BCUT2D eigenvalue weighted by Crippen LogP contribution is -2.51. The maximum Gasteiger partial charge on any atom is 0.248 e. The van der Waals surface area contributed by atoms with Gasteiger partial charge >= 0.3 is 0 Å². The summed E-state index contributed by atoms with van der Waals surface area (Å²) in [4.78, 5) is 21.7. The number of hydrogen-bond acceptors (Lipinski definition) is 6. The van der Waals surface area contributed by atoms with Gasteiger partial charge in [0.15, 0.2) is 0 Å². The first-order valence-electron chi connectivity index (χ1n) is 6.76. The minimum atomic E-state index is 0.0235. The number of methoxy groups -OCH3 is 1. The average molecular weight is 288 g/mol. The van der Waals surface area contributed by atoms with Gasteiger partial charge in [0.05, 0.1) is 0 Å². The number of carbonyl (C=O) groups is 1. The van der Waals surface area contributed by atoms with E-state index in [2.05, 4.69) is 15.1 Å². The van der Waals surface area contributed by atoms with Crippen molar-refractivity contribution in [3.8, 4) is 11.4 Å². The van der Waals surface area contributed by atoms with Gasteiger partial charge in [-0.2, -0.15) is 4.98 Å². The molecule has 0 bridgehead atoms. The third kappa shape index (κ3) is 3.08. The van der Waals surface area contributed by atoms with E-state index in [0.29, 0.717) is 37.1 Å². The number of hydrogen-bond donors (Lipinski definition) is 0. The molecule has 0 radical (unpaired) electrons. The van der Waals surface area contributed by atoms with Crippen LogP contribution in [0.15, 0.2) is 29.0 Å². The molecule has 0 aromatic carbocycles. The number of likely N-dealkylation sites (tertiary alicyclic amines) is 1. The summed E-state index contributed by atoms with van der Waals surface area (Å²) >= 11 is 0. The molecule has 1 saturated heterocycles. The van der Waals surface area contributed by atoms with Crippen LogP contribution in [0.5, 0.6) is 0 Å². The van der Waals surface area contributed by atoms with Crippen LogP contribution in [0, 0.1) is 5.92 Å². The predicted molar refractivity (Wildman–Crippen MR) is 73.2 cm³/mol. The molecular weight excluding hydrogens is 272 g/mol. The van der Waals surface area contributed by atoms with Crippen molar-refractivity contribution in [1.29, 1.82) is 0 Å². The summed E-state index contributed by atoms with van der Waals surface area (Å²) in [5.74, 6) is 1.53. The molecule has 2 aromatic heterocycles. The molecule has 1 fully saturated rings. The minimum Gasteiger partial charge on any atom is -0.375 e. The predicted octanol–water partition coefficient (Wildman–Crippen LogP) is 0.779. The fourth-order valence-corrected chi connectivity index (χ4v) is 2.31. The second-order valence-electron chi connectivity index (χ2n) is 5.06. The van der Waals surface area contributed by atoms with Gasteiger partial charge < -0.3 is 14.2 Å². The third-order valence-corrected chi connectivity index (χ3v) is 3.43. The lowest BCUT2D eigenvalue weighted by atomic mass is 9.96. The Bertz CT molecular complexity index is 608. The minimum absolute atomic E-state index is 0.0235. The Labute approximate surface area is 121 Å². The zero-order chi connectivity index (χ0) is 14.7. The first kappa shape index (κ1) is 13.7. The van der Waals surface area contributed by atoms with E-state index in [1.54, 1.807) is 17.3 Å².